The topological polar surface area (TPSA) is 102 Å². The van der Waals surface area contributed by atoms with Gasteiger partial charge < -0.3 is 24.5 Å². The summed E-state index contributed by atoms with van der Waals surface area (Å²) in [5.41, 5.74) is 1.31. The molecule has 0 unspecified atom stereocenters. The summed E-state index contributed by atoms with van der Waals surface area (Å²) in [6.45, 7) is 5.19. The summed E-state index contributed by atoms with van der Waals surface area (Å²) in [6.07, 6.45) is 0.945. The molecule has 0 aliphatic carbocycles. The van der Waals surface area contributed by atoms with Gasteiger partial charge in [0.05, 0.1) is 25.9 Å². The average molecular weight is 492 g/mol. The Kier molecular flexibility index (Phi) is 9.20. The Morgan fingerprint density at radius 2 is 2.00 bits per heavy atom. The molecule has 4 rings (SSSR count). The average Bonchev–Trinajstić information content (AvgIpc) is 3.31. The highest BCUT2D eigenvalue weighted by Crippen LogP contribution is 2.32. The quantitative estimate of drug-likeness (QED) is 0.437. The summed E-state index contributed by atoms with van der Waals surface area (Å²) in [4.78, 5) is 14.7. The molecule has 0 atom stereocenters. The molecule has 9 nitrogen and oxygen atoms in total. The number of hydrogen-bond donors (Lipinski definition) is 2. The van der Waals surface area contributed by atoms with Crippen molar-refractivity contribution in [2.45, 2.75) is 6.42 Å². The Balaban J connectivity index is 0.00000324. The highest BCUT2D eigenvalue weighted by Gasteiger charge is 2.16. The molecular formula is C23H27ClFN5O4. The number of rotatable bonds is 9. The van der Waals surface area contributed by atoms with Gasteiger partial charge in [0.15, 0.2) is 0 Å². The number of carbonyl (C=O) groups excluding carboxylic acids is 1. The van der Waals surface area contributed by atoms with Gasteiger partial charge >= 0.3 is 6.01 Å². The monoisotopic (exact) mass is 491 g/mol. The summed E-state index contributed by atoms with van der Waals surface area (Å²) < 4.78 is 29.9. The number of amides is 1. The van der Waals surface area contributed by atoms with Crippen LogP contribution in [0.2, 0.25) is 0 Å². The van der Waals surface area contributed by atoms with E-state index in [-0.39, 0.29) is 18.0 Å². The summed E-state index contributed by atoms with van der Waals surface area (Å²) in [7, 11) is 1.51. The lowest BCUT2D eigenvalue weighted by Crippen LogP contribution is -2.37. The van der Waals surface area contributed by atoms with Gasteiger partial charge in [-0.3, -0.25) is 9.69 Å². The SMILES string of the molecule is COc1cc(NC(=O)c2cccc(F)c2)ccc1-c1nnc(NCCCN2CCOCC2)o1.Cl. The van der Waals surface area contributed by atoms with Gasteiger partial charge in [-0.2, -0.15) is 0 Å². The second kappa shape index (κ2) is 12.3. The van der Waals surface area contributed by atoms with Crippen LogP contribution in [0.25, 0.3) is 11.5 Å². The standard InChI is InChI=1S/C23H26FN5O4.ClH/c1-31-20-15-18(26-21(30)16-4-2-5-17(24)14-16)6-7-19(20)22-27-28-23(33-22)25-8-3-9-29-10-12-32-13-11-29;/h2,4-7,14-15H,3,8-13H2,1H3,(H,25,28)(H,26,30);1H. The van der Waals surface area contributed by atoms with Gasteiger partial charge in [-0.05, 0) is 43.3 Å². The van der Waals surface area contributed by atoms with Crippen molar-refractivity contribution in [3.8, 4) is 17.2 Å². The van der Waals surface area contributed by atoms with E-state index in [0.717, 1.165) is 39.3 Å². The van der Waals surface area contributed by atoms with Crippen LogP contribution < -0.4 is 15.4 Å². The Labute approximate surface area is 203 Å². The van der Waals surface area contributed by atoms with Crippen LogP contribution in [-0.2, 0) is 4.74 Å². The van der Waals surface area contributed by atoms with Crippen LogP contribution in [0.5, 0.6) is 5.75 Å². The predicted molar refractivity (Wildman–Crippen MR) is 128 cm³/mol. The zero-order valence-corrected chi connectivity index (χ0v) is 19.6. The fraction of sp³-hybridized carbons (Fsp3) is 0.348. The van der Waals surface area contributed by atoms with Crippen molar-refractivity contribution in [3.05, 3.63) is 53.8 Å². The maximum atomic E-state index is 13.4. The molecule has 2 heterocycles. The van der Waals surface area contributed by atoms with Crippen molar-refractivity contribution >= 4 is 30.0 Å². The fourth-order valence-electron chi connectivity index (χ4n) is 3.50. The Hall–Kier alpha value is -3.21. The second-order valence-corrected chi connectivity index (χ2v) is 7.53. The third-order valence-electron chi connectivity index (χ3n) is 5.23. The largest absolute Gasteiger partial charge is 0.496 e. The van der Waals surface area contributed by atoms with E-state index in [2.05, 4.69) is 25.7 Å². The molecule has 182 valence electrons. The number of methoxy groups -OCH3 is 1. The Bertz CT molecular complexity index is 1090. The second-order valence-electron chi connectivity index (χ2n) is 7.53. The zero-order valence-electron chi connectivity index (χ0n) is 18.8. The molecule has 0 spiro atoms. The highest BCUT2D eigenvalue weighted by molar-refractivity contribution is 6.04. The summed E-state index contributed by atoms with van der Waals surface area (Å²) in [5, 5.41) is 14.0. The maximum Gasteiger partial charge on any atom is 0.315 e. The van der Waals surface area contributed by atoms with Crippen molar-refractivity contribution < 1.29 is 23.1 Å². The van der Waals surface area contributed by atoms with Crippen molar-refractivity contribution in [3.63, 3.8) is 0 Å². The molecule has 1 saturated heterocycles. The molecule has 34 heavy (non-hydrogen) atoms. The Morgan fingerprint density at radius 1 is 1.18 bits per heavy atom. The molecule has 0 saturated carbocycles. The molecule has 1 aliphatic rings. The summed E-state index contributed by atoms with van der Waals surface area (Å²) >= 11 is 0. The van der Waals surface area contributed by atoms with E-state index in [1.54, 1.807) is 18.2 Å². The van der Waals surface area contributed by atoms with Gasteiger partial charge in [0, 0.05) is 37.0 Å². The van der Waals surface area contributed by atoms with E-state index in [0.29, 0.717) is 35.5 Å². The van der Waals surface area contributed by atoms with E-state index >= 15 is 0 Å². The van der Waals surface area contributed by atoms with E-state index in [4.69, 9.17) is 13.9 Å². The van der Waals surface area contributed by atoms with E-state index in [1.165, 1.54) is 31.4 Å². The molecule has 1 fully saturated rings. The van der Waals surface area contributed by atoms with E-state index in [9.17, 15) is 9.18 Å². The predicted octanol–water partition coefficient (Wildman–Crippen LogP) is 3.69. The summed E-state index contributed by atoms with van der Waals surface area (Å²) in [5.74, 6) is -0.150. The van der Waals surface area contributed by atoms with Crippen LogP contribution in [0.4, 0.5) is 16.1 Å². The first kappa shape index (κ1) is 25.4. The minimum absolute atomic E-state index is 0. The van der Waals surface area contributed by atoms with Gasteiger partial charge in [-0.1, -0.05) is 11.2 Å². The third-order valence-corrected chi connectivity index (χ3v) is 5.23. The number of hydrogen-bond acceptors (Lipinski definition) is 8. The van der Waals surface area contributed by atoms with Gasteiger partial charge in [0.1, 0.15) is 11.6 Å². The number of morpholine rings is 1. The number of carbonyl (C=O) groups is 1. The fourth-order valence-corrected chi connectivity index (χ4v) is 3.50. The molecule has 2 aromatic carbocycles. The molecule has 1 aromatic heterocycles. The number of aromatic nitrogens is 2. The van der Waals surface area contributed by atoms with Crippen molar-refractivity contribution in [1.82, 2.24) is 15.1 Å². The molecule has 3 aromatic rings. The molecule has 0 bridgehead atoms. The van der Waals surface area contributed by atoms with Crippen LogP contribution in [0.15, 0.2) is 46.9 Å². The van der Waals surface area contributed by atoms with Crippen molar-refractivity contribution in [1.29, 1.82) is 0 Å². The third kappa shape index (κ3) is 6.66. The minimum atomic E-state index is -0.475. The first-order chi connectivity index (χ1) is 16.1. The molecule has 1 aliphatic heterocycles. The van der Waals surface area contributed by atoms with Gasteiger partial charge in [-0.25, -0.2) is 4.39 Å². The normalized spacial score (nSPS) is 13.7. The van der Waals surface area contributed by atoms with Crippen LogP contribution in [0.3, 0.4) is 0 Å². The molecule has 0 radical (unpaired) electrons. The lowest BCUT2D eigenvalue weighted by Gasteiger charge is -2.26. The number of halogens is 2. The number of anilines is 2. The zero-order chi connectivity index (χ0) is 23.0. The number of nitrogens with one attached hydrogen (secondary N) is 2. The molecule has 11 heteroatoms. The highest BCUT2D eigenvalue weighted by atomic mass is 35.5. The van der Waals surface area contributed by atoms with Crippen molar-refractivity contribution in [2.75, 3.05) is 57.1 Å². The van der Waals surface area contributed by atoms with Crippen LogP contribution in [-0.4, -0.2) is 67.5 Å². The van der Waals surface area contributed by atoms with Crippen LogP contribution >= 0.6 is 12.4 Å². The minimum Gasteiger partial charge on any atom is -0.496 e. The number of ether oxygens (including phenoxy) is 2. The lowest BCUT2D eigenvalue weighted by atomic mass is 10.1. The van der Waals surface area contributed by atoms with Gasteiger partial charge in [0.25, 0.3) is 11.8 Å². The van der Waals surface area contributed by atoms with Crippen LogP contribution in [0.1, 0.15) is 16.8 Å². The van der Waals surface area contributed by atoms with Gasteiger partial charge in [-0.15, -0.1) is 17.5 Å². The molecule has 1 amide bonds. The number of benzene rings is 2. The Morgan fingerprint density at radius 3 is 2.76 bits per heavy atom. The maximum absolute atomic E-state index is 13.4. The van der Waals surface area contributed by atoms with Crippen LogP contribution in [0, 0.1) is 5.82 Å². The molecule has 2 N–H and O–H groups in total. The first-order valence-electron chi connectivity index (χ1n) is 10.7. The smallest absolute Gasteiger partial charge is 0.315 e. The van der Waals surface area contributed by atoms with E-state index in [1.807, 2.05) is 0 Å². The first-order valence-corrected chi connectivity index (χ1v) is 10.7. The molecular weight excluding hydrogens is 465 g/mol. The van der Waals surface area contributed by atoms with Crippen molar-refractivity contribution in [2.24, 2.45) is 0 Å². The van der Waals surface area contributed by atoms with E-state index < -0.39 is 11.7 Å². The van der Waals surface area contributed by atoms with Gasteiger partial charge in [0.2, 0.25) is 0 Å². The lowest BCUT2D eigenvalue weighted by molar-refractivity contribution is 0.0378. The summed E-state index contributed by atoms with van der Waals surface area (Å²) in [6, 6.07) is 10.9. The number of nitrogens with zero attached hydrogens (tertiary/aromatic N) is 3.